The summed E-state index contributed by atoms with van der Waals surface area (Å²) >= 11 is 0. The molecule has 0 aliphatic rings. The predicted octanol–water partition coefficient (Wildman–Crippen LogP) is 1.85. The number of ether oxygens (including phenoxy) is 1. The average molecular weight is 250 g/mol. The van der Waals surface area contributed by atoms with E-state index in [4.69, 9.17) is 5.11 Å². The Kier molecular flexibility index (Phi) is 3.95. The van der Waals surface area contributed by atoms with Crippen molar-refractivity contribution in [3.8, 4) is 5.75 Å². The third-order valence-electron chi connectivity index (χ3n) is 2.01. The lowest BCUT2D eigenvalue weighted by Crippen LogP contribution is -2.13. The van der Waals surface area contributed by atoms with Crippen LogP contribution < -0.4 is 4.74 Å². The van der Waals surface area contributed by atoms with Gasteiger partial charge in [0.2, 0.25) is 0 Å². The predicted molar refractivity (Wildman–Crippen MR) is 50.4 cm³/mol. The minimum atomic E-state index is -3.12. The van der Waals surface area contributed by atoms with E-state index in [2.05, 4.69) is 4.74 Å². The van der Waals surface area contributed by atoms with Crippen molar-refractivity contribution in [2.75, 3.05) is 0 Å². The Bertz CT molecular complexity index is 434. The summed E-state index contributed by atoms with van der Waals surface area (Å²) in [5, 5.41) is 17.7. The lowest BCUT2D eigenvalue weighted by Gasteiger charge is -2.12. The third-order valence-corrected chi connectivity index (χ3v) is 2.01. The Balaban J connectivity index is 3.19. The Labute approximate surface area is 94.3 Å². The average Bonchev–Trinajstić information content (AvgIpc) is 2.21. The smallest absolute Gasteiger partial charge is 0.387 e. The number of aliphatic carboxylic acids is 1. The molecule has 0 heterocycles. The second-order valence-corrected chi connectivity index (χ2v) is 3.26. The molecule has 2 N–H and O–H groups in total. The minimum absolute atomic E-state index is 0.0987. The maximum Gasteiger partial charge on any atom is 0.387 e. The molecule has 1 unspecified atom stereocenters. The lowest BCUT2D eigenvalue weighted by molar-refractivity contribution is -0.147. The van der Waals surface area contributed by atoms with E-state index in [0.717, 1.165) is 12.1 Å². The second kappa shape index (κ2) is 5.05. The van der Waals surface area contributed by atoms with Gasteiger partial charge in [0.25, 0.3) is 0 Å². The number of carboxylic acid groups (broad SMARTS) is 1. The van der Waals surface area contributed by atoms with Crippen LogP contribution in [-0.4, -0.2) is 22.8 Å². The fourth-order valence-electron chi connectivity index (χ4n) is 1.27. The summed E-state index contributed by atoms with van der Waals surface area (Å²) in [5.74, 6) is -3.06. The highest BCUT2D eigenvalue weighted by Gasteiger charge is 2.23. The van der Waals surface area contributed by atoms with Gasteiger partial charge >= 0.3 is 12.6 Å². The highest BCUT2D eigenvalue weighted by atomic mass is 19.3. The maximum absolute atomic E-state index is 13.5. The number of aryl methyl sites for hydroxylation is 1. The van der Waals surface area contributed by atoms with Crippen molar-refractivity contribution < 1.29 is 32.9 Å². The molecule has 1 aromatic carbocycles. The van der Waals surface area contributed by atoms with E-state index in [1.54, 1.807) is 0 Å². The van der Waals surface area contributed by atoms with Gasteiger partial charge in [-0.1, -0.05) is 0 Å². The van der Waals surface area contributed by atoms with Crippen LogP contribution in [-0.2, 0) is 4.79 Å². The van der Waals surface area contributed by atoms with Crippen molar-refractivity contribution in [1.82, 2.24) is 0 Å². The Hall–Kier alpha value is -1.76. The summed E-state index contributed by atoms with van der Waals surface area (Å²) in [7, 11) is 0. The second-order valence-electron chi connectivity index (χ2n) is 3.26. The molecule has 7 heteroatoms. The lowest BCUT2D eigenvalue weighted by atomic mass is 10.0. The van der Waals surface area contributed by atoms with Crippen LogP contribution in [0.15, 0.2) is 12.1 Å². The number of halogens is 3. The summed E-state index contributed by atoms with van der Waals surface area (Å²) in [6.07, 6.45) is -2.13. The first-order chi connectivity index (χ1) is 7.82. The molecule has 4 nitrogen and oxygen atoms in total. The third kappa shape index (κ3) is 3.10. The van der Waals surface area contributed by atoms with Crippen LogP contribution in [0.1, 0.15) is 17.2 Å². The zero-order valence-corrected chi connectivity index (χ0v) is 8.65. The zero-order valence-electron chi connectivity index (χ0n) is 8.65. The van der Waals surface area contributed by atoms with Gasteiger partial charge in [-0.15, -0.1) is 0 Å². The number of benzene rings is 1. The van der Waals surface area contributed by atoms with E-state index in [1.165, 1.54) is 6.92 Å². The molecule has 94 valence electrons. The van der Waals surface area contributed by atoms with Crippen molar-refractivity contribution >= 4 is 5.97 Å². The largest absolute Gasteiger partial charge is 0.479 e. The first-order valence-corrected chi connectivity index (χ1v) is 4.48. The van der Waals surface area contributed by atoms with Crippen LogP contribution >= 0.6 is 0 Å². The molecule has 0 saturated heterocycles. The molecule has 0 fully saturated rings. The van der Waals surface area contributed by atoms with Crippen molar-refractivity contribution in [2.45, 2.75) is 19.6 Å². The van der Waals surface area contributed by atoms with Crippen LogP contribution in [0.5, 0.6) is 5.75 Å². The normalized spacial score (nSPS) is 12.6. The van der Waals surface area contributed by atoms with Crippen LogP contribution in [0.4, 0.5) is 13.2 Å². The summed E-state index contributed by atoms with van der Waals surface area (Å²) in [6.45, 7) is -1.87. The quantitative estimate of drug-likeness (QED) is 0.855. The number of aliphatic hydroxyl groups is 1. The molecule has 0 radical (unpaired) electrons. The van der Waals surface area contributed by atoms with Gasteiger partial charge in [0.05, 0.1) is 0 Å². The van der Waals surface area contributed by atoms with Gasteiger partial charge in [0, 0.05) is 5.56 Å². The van der Waals surface area contributed by atoms with Crippen LogP contribution in [0.2, 0.25) is 0 Å². The summed E-state index contributed by atoms with van der Waals surface area (Å²) in [5.41, 5.74) is -0.716. The van der Waals surface area contributed by atoms with Crippen molar-refractivity contribution in [3.63, 3.8) is 0 Å². The van der Waals surface area contributed by atoms with Crippen LogP contribution in [0.25, 0.3) is 0 Å². The van der Waals surface area contributed by atoms with E-state index in [-0.39, 0.29) is 5.56 Å². The fourth-order valence-corrected chi connectivity index (χ4v) is 1.27. The minimum Gasteiger partial charge on any atom is -0.479 e. The van der Waals surface area contributed by atoms with E-state index >= 15 is 0 Å². The molecule has 17 heavy (non-hydrogen) atoms. The molecule has 1 rings (SSSR count). The molecule has 0 bridgehead atoms. The van der Waals surface area contributed by atoms with E-state index in [1.807, 2.05) is 0 Å². The number of alkyl halides is 2. The standard InChI is InChI=1S/C10H9F3O4/c1-4-2-5(17-10(12)13)3-6(7(4)11)8(14)9(15)16/h2-3,8,10,14H,1H3,(H,15,16). The number of hydrogen-bond donors (Lipinski definition) is 2. The molecule has 0 aromatic heterocycles. The summed E-state index contributed by atoms with van der Waals surface area (Å²) < 4.78 is 41.4. The Morgan fingerprint density at radius 3 is 2.47 bits per heavy atom. The number of aliphatic hydroxyl groups excluding tert-OH is 1. The van der Waals surface area contributed by atoms with E-state index in [9.17, 15) is 23.1 Å². The topological polar surface area (TPSA) is 66.8 Å². The molecular weight excluding hydrogens is 241 g/mol. The number of rotatable bonds is 4. The molecule has 0 aliphatic heterocycles. The van der Waals surface area contributed by atoms with Crippen LogP contribution in [0, 0.1) is 12.7 Å². The van der Waals surface area contributed by atoms with E-state index in [0.29, 0.717) is 0 Å². The highest BCUT2D eigenvalue weighted by molar-refractivity contribution is 5.74. The van der Waals surface area contributed by atoms with Crippen molar-refractivity contribution in [2.24, 2.45) is 0 Å². The zero-order chi connectivity index (χ0) is 13.2. The molecule has 1 aromatic rings. The number of carboxylic acids is 1. The summed E-state index contributed by atoms with van der Waals surface area (Å²) in [6, 6.07) is 1.72. The molecule has 0 saturated carbocycles. The van der Waals surface area contributed by atoms with Gasteiger partial charge in [-0.05, 0) is 24.6 Å². The Morgan fingerprint density at radius 2 is 2.00 bits per heavy atom. The van der Waals surface area contributed by atoms with Gasteiger partial charge in [-0.2, -0.15) is 8.78 Å². The number of hydrogen-bond acceptors (Lipinski definition) is 3. The molecule has 0 amide bonds. The first-order valence-electron chi connectivity index (χ1n) is 4.48. The van der Waals surface area contributed by atoms with Crippen molar-refractivity contribution in [3.05, 3.63) is 29.1 Å². The first kappa shape index (κ1) is 13.3. The molecule has 0 aliphatic carbocycles. The SMILES string of the molecule is Cc1cc(OC(F)F)cc(C(O)C(=O)O)c1F. The van der Waals surface area contributed by atoms with Gasteiger partial charge in [-0.3, -0.25) is 0 Å². The monoisotopic (exact) mass is 250 g/mol. The van der Waals surface area contributed by atoms with E-state index < -0.39 is 35.8 Å². The maximum atomic E-state index is 13.5. The van der Waals surface area contributed by atoms with Gasteiger partial charge in [-0.25, -0.2) is 9.18 Å². The Morgan fingerprint density at radius 1 is 1.41 bits per heavy atom. The molecule has 0 spiro atoms. The number of carbonyl (C=O) groups is 1. The summed E-state index contributed by atoms with van der Waals surface area (Å²) in [4.78, 5) is 10.5. The van der Waals surface area contributed by atoms with Gasteiger partial charge < -0.3 is 14.9 Å². The van der Waals surface area contributed by atoms with Gasteiger partial charge in [0.15, 0.2) is 6.10 Å². The molecular formula is C10H9F3O4. The fraction of sp³-hybridized carbons (Fsp3) is 0.300. The highest BCUT2D eigenvalue weighted by Crippen LogP contribution is 2.27. The van der Waals surface area contributed by atoms with Crippen molar-refractivity contribution in [1.29, 1.82) is 0 Å². The van der Waals surface area contributed by atoms with Crippen LogP contribution in [0.3, 0.4) is 0 Å². The molecule has 1 atom stereocenters. The van der Waals surface area contributed by atoms with Gasteiger partial charge in [0.1, 0.15) is 11.6 Å².